The van der Waals surface area contributed by atoms with Gasteiger partial charge in [0.25, 0.3) is 17.4 Å². The number of nitrogens with two attached hydrogens (primary N) is 2. The van der Waals surface area contributed by atoms with E-state index in [0.717, 1.165) is 35.3 Å². The van der Waals surface area contributed by atoms with Crippen molar-refractivity contribution in [2.45, 2.75) is 82.3 Å². The van der Waals surface area contributed by atoms with Crippen LogP contribution in [0.25, 0.3) is 0 Å². The minimum Gasteiger partial charge on any atom is -0.485 e. The number of carboxylic acids is 1. The average molecular weight is 771 g/mol. The van der Waals surface area contributed by atoms with E-state index in [9.17, 15) is 27.9 Å². The molecule has 0 radical (unpaired) electrons. The fraction of sp³-hybridized carbons (Fsp3) is 0.394. The monoisotopic (exact) mass is 770 g/mol. The van der Waals surface area contributed by atoms with Crippen LogP contribution in [-0.4, -0.2) is 80.7 Å². The number of nitrogen functional groups attached to an aromatic ring is 1. The number of rotatable bonds is 12. The van der Waals surface area contributed by atoms with Crippen LogP contribution in [-0.2, 0) is 53.3 Å². The summed E-state index contributed by atoms with van der Waals surface area (Å²) in [4.78, 5) is 48.5. The lowest BCUT2D eigenvalue weighted by Crippen LogP contribution is -2.76. The van der Waals surface area contributed by atoms with E-state index in [0.29, 0.717) is 29.3 Å². The summed E-state index contributed by atoms with van der Waals surface area (Å²) in [6.07, 6.45) is 1.32. The summed E-state index contributed by atoms with van der Waals surface area (Å²) in [5.41, 5.74) is 12.5. The van der Waals surface area contributed by atoms with Crippen molar-refractivity contribution >= 4 is 56.2 Å². The van der Waals surface area contributed by atoms with Gasteiger partial charge in [0.1, 0.15) is 23.3 Å². The first kappa shape index (κ1) is 37.6. The van der Waals surface area contributed by atoms with Crippen molar-refractivity contribution in [3.05, 3.63) is 75.3 Å². The maximum atomic E-state index is 13.5. The molecule has 9 N–H and O–H groups in total. The Bertz CT molecular complexity index is 2140. The number of ether oxygens (including phenoxy) is 1. The first-order valence-electron chi connectivity index (χ1n) is 16.4. The van der Waals surface area contributed by atoms with Crippen molar-refractivity contribution in [1.82, 2.24) is 20.7 Å². The molecule has 1 aliphatic carbocycles. The fourth-order valence-corrected chi connectivity index (χ4v) is 7.44. The molecule has 2 amide bonds. The van der Waals surface area contributed by atoms with Crippen LogP contribution in [0.1, 0.15) is 73.2 Å². The van der Waals surface area contributed by atoms with Gasteiger partial charge in [-0.15, -0.1) is 15.6 Å². The lowest BCUT2D eigenvalue weighted by atomic mass is 9.84. The molecule has 53 heavy (non-hydrogen) atoms. The van der Waals surface area contributed by atoms with Gasteiger partial charge in [0, 0.05) is 23.5 Å². The predicted octanol–water partition coefficient (Wildman–Crippen LogP) is 1.58. The summed E-state index contributed by atoms with van der Waals surface area (Å²) in [6, 6.07) is 10.0. The summed E-state index contributed by atoms with van der Waals surface area (Å²) in [5, 5.41) is 30.2. The summed E-state index contributed by atoms with van der Waals surface area (Å²) >= 11 is 0.961. The van der Waals surface area contributed by atoms with Gasteiger partial charge in [0.15, 0.2) is 16.9 Å². The highest BCUT2D eigenvalue weighted by atomic mass is 32.3. The van der Waals surface area contributed by atoms with Gasteiger partial charge < -0.3 is 36.8 Å². The highest BCUT2D eigenvalue weighted by Gasteiger charge is 2.58. The van der Waals surface area contributed by atoms with E-state index in [1.54, 1.807) is 18.2 Å². The number of nitrogens with zero attached hydrogens (tertiary/aromatic N) is 3. The molecular formula is C33H38N8O10S2. The van der Waals surface area contributed by atoms with Gasteiger partial charge in [-0.1, -0.05) is 23.4 Å². The third kappa shape index (κ3) is 7.53. The van der Waals surface area contributed by atoms with Crippen LogP contribution in [0.2, 0.25) is 0 Å². The Balaban J connectivity index is 1.15. The van der Waals surface area contributed by atoms with Gasteiger partial charge in [0.05, 0.1) is 5.54 Å². The lowest BCUT2D eigenvalue weighted by Gasteiger charge is -2.50. The third-order valence-electron chi connectivity index (χ3n) is 9.56. The summed E-state index contributed by atoms with van der Waals surface area (Å²) < 4.78 is 41.8. The number of anilines is 1. The van der Waals surface area contributed by atoms with E-state index in [2.05, 4.69) is 31.1 Å². The molecule has 1 saturated heterocycles. The van der Waals surface area contributed by atoms with Crippen molar-refractivity contribution in [2.75, 3.05) is 5.73 Å². The number of aromatic nitrogens is 1. The smallest absolute Gasteiger partial charge is 0.418 e. The molecule has 0 saturated carbocycles. The van der Waals surface area contributed by atoms with Gasteiger partial charge in [-0.3, -0.25) is 19.6 Å². The third-order valence-corrected chi connectivity index (χ3v) is 10.6. The molecule has 20 heteroatoms. The second kappa shape index (κ2) is 14.0. The first-order valence-corrected chi connectivity index (χ1v) is 18.6. The van der Waals surface area contributed by atoms with Crippen LogP contribution in [0.3, 0.4) is 0 Å². The fourth-order valence-electron chi connectivity index (χ4n) is 6.43. The molecule has 3 aliphatic rings. The number of β-lactam (4-membered cyclic amide) rings is 1. The van der Waals surface area contributed by atoms with Gasteiger partial charge in [-0.05, 0) is 86.9 Å². The molecule has 1 unspecified atom stereocenters. The first-order chi connectivity index (χ1) is 24.9. The number of thiazole rings is 1. The molecule has 1 fully saturated rings. The van der Waals surface area contributed by atoms with E-state index in [1.165, 1.54) is 37.3 Å². The summed E-state index contributed by atoms with van der Waals surface area (Å²) in [6.45, 7) is 4.43. The number of amides is 2. The van der Waals surface area contributed by atoms with Crippen molar-refractivity contribution in [2.24, 2.45) is 10.9 Å². The largest absolute Gasteiger partial charge is 0.485 e. The number of aryl methyl sites for hydroxylation is 2. The van der Waals surface area contributed by atoms with Crippen LogP contribution >= 0.6 is 11.3 Å². The maximum Gasteiger partial charge on any atom is 0.418 e. The quantitative estimate of drug-likeness (QED) is 0.0453. The van der Waals surface area contributed by atoms with E-state index < -0.39 is 57.2 Å². The molecule has 6 rings (SSSR count). The molecule has 2 aliphatic heterocycles. The topological polar surface area (TPSA) is 282 Å². The second-order valence-corrected chi connectivity index (χ2v) is 15.5. The number of carboxylic acid groups (broad SMARTS) is 1. The summed E-state index contributed by atoms with van der Waals surface area (Å²) in [5.74, 6) is -2.88. The highest BCUT2D eigenvalue weighted by molar-refractivity contribution is 7.80. The molecule has 2 aromatic carbocycles. The second-order valence-electron chi connectivity index (χ2n) is 13.6. The molecule has 3 heterocycles. The number of hydrogen-bond acceptors (Lipinski definition) is 14. The molecule has 0 spiro atoms. The van der Waals surface area contributed by atoms with Crippen molar-refractivity contribution in [3.63, 3.8) is 0 Å². The number of carbonyl (C=O) groups excluding carboxylic acids is 2. The van der Waals surface area contributed by atoms with E-state index in [-0.39, 0.29) is 29.1 Å². The number of aliphatic carboxylic acids is 1. The molecule has 0 bridgehead atoms. The number of amidine groups is 1. The van der Waals surface area contributed by atoms with Crippen LogP contribution in [0.5, 0.6) is 5.75 Å². The average Bonchev–Trinajstić information content (AvgIpc) is 3.71. The zero-order chi connectivity index (χ0) is 38.5. The minimum absolute atomic E-state index is 0.0533. The molecule has 18 nitrogen and oxygen atoms in total. The SMILES string of the molecule is CC(O/N=C(\C(=O)N[C@@H]1C(=O)N(OS(=O)(=O)O)C1(C)C)c1csc(N)n1)(C(=O)O)[C@H]1CCc2cc(C(=N)NCc3ccc4c(c3)CC[C@@H]4N)ccc2O1. The number of nitrogens with one attached hydrogen (secondary N) is 3. The number of hydroxylamine groups is 2. The van der Waals surface area contributed by atoms with Gasteiger partial charge in [-0.25, -0.2) is 9.78 Å². The van der Waals surface area contributed by atoms with Crippen LogP contribution < -0.4 is 26.8 Å². The lowest BCUT2D eigenvalue weighted by molar-refractivity contribution is -0.218. The van der Waals surface area contributed by atoms with Crippen LogP contribution in [0, 0.1) is 5.41 Å². The van der Waals surface area contributed by atoms with E-state index in [1.807, 2.05) is 12.1 Å². The standard InChI is InChI=1S/C33H38N8O10S2/c1-32(2)26(29(43)41(32)51-53(46,47)48)39-28(42)25(22-15-52-31(36)38-22)40-50-33(3,30(44)45)24-11-7-18-13-19(6-10-23(18)49-24)27(35)37-14-16-4-8-20-17(12-16)5-9-21(20)34/h4,6,8,10,12-13,15,21,24,26H,5,7,9,11,14,34H2,1-3H3,(H2,35,37)(H2,36,38)(H,39,42)(H,44,45)(H,46,47,48)/b40-25-/t21-,24+,26+,33?/m0/s1. The Morgan fingerprint density at radius 2 is 1.94 bits per heavy atom. The zero-order valence-electron chi connectivity index (χ0n) is 28.8. The number of fused-ring (bicyclic) bond motifs is 2. The van der Waals surface area contributed by atoms with Crippen molar-refractivity contribution in [1.29, 1.82) is 5.41 Å². The minimum atomic E-state index is -5.04. The van der Waals surface area contributed by atoms with Crippen LogP contribution in [0.15, 0.2) is 46.9 Å². The molecule has 282 valence electrons. The normalized spacial score (nSPS) is 21.7. The zero-order valence-corrected chi connectivity index (χ0v) is 30.4. The molecule has 1 aromatic heterocycles. The Hall–Kier alpha value is -5.15. The van der Waals surface area contributed by atoms with Gasteiger partial charge in [-0.2, -0.15) is 13.5 Å². The molecular weight excluding hydrogens is 733 g/mol. The molecule has 4 atom stereocenters. The van der Waals surface area contributed by atoms with E-state index >= 15 is 0 Å². The molecule has 3 aromatic rings. The Labute approximate surface area is 307 Å². The van der Waals surface area contributed by atoms with Crippen molar-refractivity contribution in [3.8, 4) is 5.75 Å². The predicted molar refractivity (Wildman–Crippen MR) is 190 cm³/mol. The maximum absolute atomic E-state index is 13.5. The Morgan fingerprint density at radius 1 is 1.21 bits per heavy atom. The van der Waals surface area contributed by atoms with Gasteiger partial charge in [0.2, 0.25) is 0 Å². The number of oxime groups is 1. The van der Waals surface area contributed by atoms with E-state index in [4.69, 9.17) is 31.0 Å². The number of benzene rings is 2. The highest BCUT2D eigenvalue weighted by Crippen LogP contribution is 2.36. The van der Waals surface area contributed by atoms with Gasteiger partial charge >= 0.3 is 16.4 Å². The number of carbonyl (C=O) groups is 3. The van der Waals surface area contributed by atoms with Crippen LogP contribution in [0.4, 0.5) is 5.13 Å². The summed E-state index contributed by atoms with van der Waals surface area (Å²) in [7, 11) is -5.04. The number of hydrogen-bond donors (Lipinski definition) is 7. The van der Waals surface area contributed by atoms with Crippen molar-refractivity contribution < 1.29 is 46.3 Å². The Morgan fingerprint density at radius 3 is 2.60 bits per heavy atom. The Kier molecular flexibility index (Phi) is 9.94.